The van der Waals surface area contributed by atoms with Crippen LogP contribution in [0.15, 0.2) is 12.1 Å². The fourth-order valence-corrected chi connectivity index (χ4v) is 1.95. The molecular weight excluding hydrogens is 238 g/mol. The molecule has 5 nitrogen and oxygen atoms in total. The molecule has 1 aromatic rings. The molecule has 78 valence electrons. The minimum Gasteiger partial charge on any atom is -0.273 e. The quantitative estimate of drug-likeness (QED) is 0.784. The van der Waals surface area contributed by atoms with E-state index in [1.807, 2.05) is 0 Å². The van der Waals surface area contributed by atoms with E-state index in [1.165, 1.54) is 0 Å². The molecule has 0 N–H and O–H groups in total. The van der Waals surface area contributed by atoms with Crippen LogP contribution in [0.3, 0.4) is 0 Å². The lowest BCUT2D eigenvalue weighted by Gasteiger charge is -2.10. The molecule has 1 fully saturated rings. The maximum Gasteiger partial charge on any atom is 0.289 e. The largest absolute Gasteiger partial charge is 0.289 e. The Bertz CT molecular complexity index is 393. The number of hydrogen-bond acceptors (Lipinski definition) is 5. The Morgan fingerprint density at radius 2 is 2.20 bits per heavy atom. The molecule has 2 rings (SSSR count). The molecule has 1 aliphatic rings. The average molecular weight is 244 g/mol. The van der Waals surface area contributed by atoms with Gasteiger partial charge in [0.05, 0.1) is 18.0 Å². The molecule has 0 bridgehead atoms. The van der Waals surface area contributed by atoms with Crippen LogP contribution in [-0.4, -0.2) is 32.0 Å². The predicted octanol–water partition coefficient (Wildman–Crippen LogP) is 1.33. The summed E-state index contributed by atoms with van der Waals surface area (Å²) in [7, 11) is 0. The lowest BCUT2D eigenvalue weighted by molar-refractivity contribution is -0.125. The molecule has 0 aliphatic carbocycles. The van der Waals surface area contributed by atoms with E-state index < -0.39 is 0 Å². The summed E-state index contributed by atoms with van der Waals surface area (Å²) < 4.78 is 0. The molecule has 7 heteroatoms. The summed E-state index contributed by atoms with van der Waals surface area (Å²) in [5, 5.41) is 7.45. The first-order valence-electron chi connectivity index (χ1n) is 4.12. The third kappa shape index (κ3) is 2.27. The summed E-state index contributed by atoms with van der Waals surface area (Å²) in [6, 6.07) is 3.21. The molecule has 1 aromatic heterocycles. The van der Waals surface area contributed by atoms with Crippen molar-refractivity contribution in [3.05, 3.63) is 23.0 Å². The van der Waals surface area contributed by atoms with Crippen molar-refractivity contribution in [1.29, 1.82) is 0 Å². The van der Waals surface area contributed by atoms with Crippen molar-refractivity contribution in [1.82, 2.24) is 15.1 Å². The number of amides is 2. The second kappa shape index (κ2) is 4.16. The van der Waals surface area contributed by atoms with E-state index in [4.69, 9.17) is 11.6 Å². The standard InChI is InChI=1S/C8H6ClN3O2S/c9-6-2-1-5(10-11-6)3-12-7(13)4-15-8(12)14/h1-2H,3-4H2. The summed E-state index contributed by atoms with van der Waals surface area (Å²) in [5.74, 6) is 0.0154. The minimum absolute atomic E-state index is 0.162. The third-order valence-electron chi connectivity index (χ3n) is 1.85. The van der Waals surface area contributed by atoms with Gasteiger partial charge in [-0.3, -0.25) is 14.5 Å². The zero-order chi connectivity index (χ0) is 10.8. The monoisotopic (exact) mass is 243 g/mol. The van der Waals surface area contributed by atoms with Crippen LogP contribution in [0.1, 0.15) is 5.69 Å². The predicted molar refractivity (Wildman–Crippen MR) is 55.4 cm³/mol. The lowest BCUT2D eigenvalue weighted by Crippen LogP contribution is -2.28. The molecular formula is C8H6ClN3O2S. The molecule has 2 heterocycles. The highest BCUT2D eigenvalue weighted by Gasteiger charge is 2.30. The van der Waals surface area contributed by atoms with Crippen molar-refractivity contribution in [2.24, 2.45) is 0 Å². The van der Waals surface area contributed by atoms with Gasteiger partial charge in [0.2, 0.25) is 5.91 Å². The zero-order valence-corrected chi connectivity index (χ0v) is 9.09. The number of thioether (sulfide) groups is 1. The molecule has 0 spiro atoms. The molecule has 1 aliphatic heterocycles. The Morgan fingerprint density at radius 1 is 1.40 bits per heavy atom. The number of hydrogen-bond donors (Lipinski definition) is 0. The summed E-state index contributed by atoms with van der Waals surface area (Å²) in [6.45, 7) is 0.162. The van der Waals surface area contributed by atoms with Crippen LogP contribution in [-0.2, 0) is 11.3 Å². The number of imide groups is 1. The van der Waals surface area contributed by atoms with Crippen LogP contribution in [0.25, 0.3) is 0 Å². The van der Waals surface area contributed by atoms with Crippen molar-refractivity contribution in [2.75, 3.05) is 5.75 Å². The van der Waals surface area contributed by atoms with E-state index in [2.05, 4.69) is 10.2 Å². The van der Waals surface area contributed by atoms with Crippen LogP contribution in [0.5, 0.6) is 0 Å². The highest BCUT2D eigenvalue weighted by molar-refractivity contribution is 8.14. The summed E-state index contributed by atoms with van der Waals surface area (Å²) >= 11 is 6.56. The number of aromatic nitrogens is 2. The van der Waals surface area contributed by atoms with E-state index >= 15 is 0 Å². The van der Waals surface area contributed by atoms with Crippen molar-refractivity contribution >= 4 is 34.5 Å². The van der Waals surface area contributed by atoms with Gasteiger partial charge in [-0.2, -0.15) is 5.10 Å². The molecule has 0 radical (unpaired) electrons. The van der Waals surface area contributed by atoms with E-state index in [0.29, 0.717) is 5.69 Å². The Hall–Kier alpha value is -1.14. The van der Waals surface area contributed by atoms with E-state index in [9.17, 15) is 9.59 Å². The normalized spacial score (nSPS) is 16.2. The Balaban J connectivity index is 2.11. The van der Waals surface area contributed by atoms with Crippen molar-refractivity contribution in [2.45, 2.75) is 6.54 Å². The van der Waals surface area contributed by atoms with Gasteiger partial charge in [-0.25, -0.2) is 0 Å². The van der Waals surface area contributed by atoms with Gasteiger partial charge < -0.3 is 0 Å². The first kappa shape index (κ1) is 10.4. The highest BCUT2D eigenvalue weighted by atomic mass is 35.5. The van der Waals surface area contributed by atoms with Crippen LogP contribution < -0.4 is 0 Å². The smallest absolute Gasteiger partial charge is 0.273 e. The first-order chi connectivity index (χ1) is 7.16. The van der Waals surface area contributed by atoms with Crippen LogP contribution in [0, 0.1) is 0 Å². The average Bonchev–Trinajstić information content (AvgIpc) is 2.53. The van der Waals surface area contributed by atoms with Gasteiger partial charge in [0.1, 0.15) is 0 Å². The Kier molecular flexibility index (Phi) is 2.88. The van der Waals surface area contributed by atoms with E-state index in [-0.39, 0.29) is 28.6 Å². The van der Waals surface area contributed by atoms with Crippen LogP contribution in [0.4, 0.5) is 4.79 Å². The topological polar surface area (TPSA) is 63.2 Å². The van der Waals surface area contributed by atoms with Gasteiger partial charge in [-0.15, -0.1) is 5.10 Å². The summed E-state index contributed by atoms with van der Waals surface area (Å²) in [6.07, 6.45) is 0. The zero-order valence-electron chi connectivity index (χ0n) is 7.51. The van der Waals surface area contributed by atoms with Gasteiger partial charge >= 0.3 is 0 Å². The fourth-order valence-electron chi connectivity index (χ4n) is 1.12. The van der Waals surface area contributed by atoms with Gasteiger partial charge in [0, 0.05) is 0 Å². The minimum atomic E-state index is -0.239. The van der Waals surface area contributed by atoms with Crippen molar-refractivity contribution < 1.29 is 9.59 Å². The number of rotatable bonds is 2. The number of halogens is 1. The molecule has 0 unspecified atom stereocenters. The third-order valence-corrected chi connectivity index (χ3v) is 2.91. The second-order valence-corrected chi connectivity index (χ2v) is 4.20. The number of carbonyl (C=O) groups excluding carboxylic acids is 2. The van der Waals surface area contributed by atoms with Gasteiger partial charge in [-0.05, 0) is 12.1 Å². The molecule has 15 heavy (non-hydrogen) atoms. The number of nitrogens with zero attached hydrogens (tertiary/aromatic N) is 3. The molecule has 0 atom stereocenters. The van der Waals surface area contributed by atoms with E-state index in [0.717, 1.165) is 16.7 Å². The van der Waals surface area contributed by atoms with Crippen LogP contribution >= 0.6 is 23.4 Å². The summed E-state index contributed by atoms with van der Waals surface area (Å²) in [5.41, 5.74) is 0.545. The van der Waals surface area contributed by atoms with Gasteiger partial charge in [0.15, 0.2) is 5.15 Å². The van der Waals surface area contributed by atoms with E-state index in [1.54, 1.807) is 12.1 Å². The van der Waals surface area contributed by atoms with Crippen molar-refractivity contribution in [3.63, 3.8) is 0 Å². The maximum atomic E-state index is 11.3. The van der Waals surface area contributed by atoms with Crippen LogP contribution in [0.2, 0.25) is 5.15 Å². The second-order valence-electron chi connectivity index (χ2n) is 2.88. The SMILES string of the molecule is O=C1CSC(=O)N1Cc1ccc(Cl)nn1. The van der Waals surface area contributed by atoms with Gasteiger partial charge in [-0.1, -0.05) is 23.4 Å². The van der Waals surface area contributed by atoms with Gasteiger partial charge in [0.25, 0.3) is 5.24 Å². The first-order valence-corrected chi connectivity index (χ1v) is 5.48. The Labute approximate surface area is 94.8 Å². The highest BCUT2D eigenvalue weighted by Crippen LogP contribution is 2.20. The molecule has 0 saturated carbocycles. The number of carbonyl (C=O) groups is 2. The lowest BCUT2D eigenvalue weighted by atomic mass is 10.3. The molecule has 2 amide bonds. The van der Waals surface area contributed by atoms with Crippen molar-refractivity contribution in [3.8, 4) is 0 Å². The Morgan fingerprint density at radius 3 is 2.73 bits per heavy atom. The molecule has 1 saturated heterocycles. The fraction of sp³-hybridized carbons (Fsp3) is 0.250. The molecule has 0 aromatic carbocycles. The maximum absolute atomic E-state index is 11.3. The summed E-state index contributed by atoms with van der Waals surface area (Å²) in [4.78, 5) is 23.7.